The van der Waals surface area contributed by atoms with Crippen molar-refractivity contribution in [3.05, 3.63) is 40.5 Å². The van der Waals surface area contributed by atoms with Gasteiger partial charge < -0.3 is 9.64 Å². The maximum Gasteiger partial charge on any atom is 0.245 e. The molecule has 1 fully saturated rings. The fraction of sp³-hybridized carbons (Fsp3) is 0.357. The molecule has 0 amide bonds. The molecule has 8 heteroatoms. The third-order valence-electron chi connectivity index (χ3n) is 3.51. The van der Waals surface area contributed by atoms with Gasteiger partial charge in [-0.2, -0.15) is 5.10 Å². The van der Waals surface area contributed by atoms with E-state index in [1.165, 1.54) is 0 Å². The predicted octanol–water partition coefficient (Wildman–Crippen LogP) is 2.97. The van der Waals surface area contributed by atoms with Crippen LogP contribution in [0.5, 0.6) is 5.75 Å². The smallest absolute Gasteiger partial charge is 0.245 e. The summed E-state index contributed by atoms with van der Waals surface area (Å²) < 4.78 is 5.90. The maximum absolute atomic E-state index is 10.6. The van der Waals surface area contributed by atoms with E-state index in [0.717, 1.165) is 25.9 Å². The molecule has 2 aromatic rings. The summed E-state index contributed by atoms with van der Waals surface area (Å²) in [5, 5.41) is 11.2. The lowest BCUT2D eigenvalue weighted by atomic mass is 10.1. The van der Waals surface area contributed by atoms with Gasteiger partial charge in [0.15, 0.2) is 0 Å². The number of piperidine rings is 1. The maximum atomic E-state index is 10.6. The first-order valence-corrected chi connectivity index (χ1v) is 7.32. The highest BCUT2D eigenvalue weighted by Crippen LogP contribution is 2.31. The third-order valence-corrected chi connectivity index (χ3v) is 3.82. The minimum atomic E-state index is 0.0346. The molecule has 2 heterocycles. The van der Waals surface area contributed by atoms with Gasteiger partial charge in [-0.3, -0.25) is 0 Å². The van der Waals surface area contributed by atoms with Gasteiger partial charge >= 0.3 is 0 Å². The second-order valence-corrected chi connectivity index (χ2v) is 5.36. The lowest BCUT2D eigenvalue weighted by Gasteiger charge is -2.31. The highest BCUT2D eigenvalue weighted by atomic mass is 35.5. The lowest BCUT2D eigenvalue weighted by Crippen LogP contribution is -2.39. The number of aromatic nitrogens is 3. The molecule has 1 aromatic carbocycles. The van der Waals surface area contributed by atoms with Crippen LogP contribution in [-0.2, 0) is 0 Å². The zero-order valence-electron chi connectivity index (χ0n) is 11.7. The van der Waals surface area contributed by atoms with Gasteiger partial charge in [0.1, 0.15) is 17.5 Å². The number of benzene rings is 1. The van der Waals surface area contributed by atoms with Crippen LogP contribution in [0.3, 0.4) is 0 Å². The molecule has 0 N–H and O–H groups in total. The van der Waals surface area contributed by atoms with Gasteiger partial charge in [-0.25, -0.2) is 4.98 Å². The Morgan fingerprint density at radius 3 is 2.77 bits per heavy atom. The van der Waals surface area contributed by atoms with E-state index in [1.807, 2.05) is 0 Å². The van der Waals surface area contributed by atoms with Crippen LogP contribution in [0.25, 0.3) is 0 Å². The van der Waals surface area contributed by atoms with E-state index < -0.39 is 0 Å². The zero-order chi connectivity index (χ0) is 15.4. The number of anilines is 1. The molecule has 22 heavy (non-hydrogen) atoms. The van der Waals surface area contributed by atoms with E-state index in [1.54, 1.807) is 30.6 Å². The van der Waals surface area contributed by atoms with Crippen LogP contribution < -0.4 is 9.64 Å². The zero-order valence-corrected chi connectivity index (χ0v) is 12.5. The molecule has 0 aliphatic carbocycles. The molecule has 3 rings (SSSR count). The van der Waals surface area contributed by atoms with Crippen molar-refractivity contribution in [3.63, 3.8) is 0 Å². The molecule has 0 saturated carbocycles. The first-order valence-electron chi connectivity index (χ1n) is 6.94. The molecule has 0 radical (unpaired) electrons. The molecule has 1 aliphatic heterocycles. The van der Waals surface area contributed by atoms with Crippen LogP contribution in [0.4, 0.5) is 11.6 Å². The SMILES string of the molecule is O=Nc1ccc(Cl)c(OC2CCN(c3nccnn3)CC2)c1. The first kappa shape index (κ1) is 14.6. The van der Waals surface area contributed by atoms with Crippen molar-refractivity contribution < 1.29 is 4.74 Å². The van der Waals surface area contributed by atoms with E-state index in [0.29, 0.717) is 22.4 Å². The van der Waals surface area contributed by atoms with E-state index in [-0.39, 0.29) is 6.10 Å². The number of ether oxygens (including phenoxy) is 1. The summed E-state index contributed by atoms with van der Waals surface area (Å²) in [5.41, 5.74) is 0.306. The van der Waals surface area contributed by atoms with Crippen molar-refractivity contribution in [2.75, 3.05) is 18.0 Å². The summed E-state index contributed by atoms with van der Waals surface area (Å²) in [6.07, 6.45) is 4.84. The van der Waals surface area contributed by atoms with Crippen LogP contribution in [-0.4, -0.2) is 34.4 Å². The van der Waals surface area contributed by atoms with Crippen LogP contribution >= 0.6 is 11.6 Å². The third kappa shape index (κ3) is 3.30. The Morgan fingerprint density at radius 1 is 1.27 bits per heavy atom. The monoisotopic (exact) mass is 319 g/mol. The molecule has 7 nitrogen and oxygen atoms in total. The van der Waals surface area contributed by atoms with Crippen molar-refractivity contribution in [2.24, 2.45) is 5.18 Å². The van der Waals surface area contributed by atoms with Crippen molar-refractivity contribution in [1.82, 2.24) is 15.2 Å². The molecule has 1 aliphatic rings. The standard InChI is InChI=1S/C14H14ClN5O2/c15-12-2-1-10(19-21)9-13(12)22-11-3-7-20(8-4-11)14-16-5-6-17-18-14/h1-2,5-6,9,11H,3-4,7-8H2. The molecule has 0 spiro atoms. The van der Waals surface area contributed by atoms with Gasteiger partial charge in [-0.15, -0.1) is 10.0 Å². The second kappa shape index (κ2) is 6.65. The second-order valence-electron chi connectivity index (χ2n) is 4.95. The number of nitrogens with zero attached hydrogens (tertiary/aromatic N) is 5. The highest BCUT2D eigenvalue weighted by Gasteiger charge is 2.23. The van der Waals surface area contributed by atoms with Gasteiger partial charge in [-0.1, -0.05) is 11.6 Å². The number of hydrogen-bond donors (Lipinski definition) is 0. The topological polar surface area (TPSA) is 80.6 Å². The number of halogens is 1. The summed E-state index contributed by atoms with van der Waals surface area (Å²) in [6, 6.07) is 4.74. The van der Waals surface area contributed by atoms with Crippen molar-refractivity contribution >= 4 is 23.2 Å². The molecule has 1 aromatic heterocycles. The number of hydrogen-bond acceptors (Lipinski definition) is 7. The average molecular weight is 320 g/mol. The minimum Gasteiger partial charge on any atom is -0.489 e. The number of nitroso groups, excluding NO2 is 1. The largest absolute Gasteiger partial charge is 0.489 e. The van der Waals surface area contributed by atoms with E-state index in [2.05, 4.69) is 25.3 Å². The Bertz CT molecular complexity index is 647. The van der Waals surface area contributed by atoms with Crippen molar-refractivity contribution in [3.8, 4) is 5.75 Å². The van der Waals surface area contributed by atoms with Gasteiger partial charge in [-0.05, 0) is 17.3 Å². The molecular formula is C14H14ClN5O2. The van der Waals surface area contributed by atoms with Crippen LogP contribution in [0.2, 0.25) is 5.02 Å². The fourth-order valence-corrected chi connectivity index (χ4v) is 2.54. The van der Waals surface area contributed by atoms with Crippen LogP contribution in [0.1, 0.15) is 12.8 Å². The lowest BCUT2D eigenvalue weighted by molar-refractivity contribution is 0.170. The van der Waals surface area contributed by atoms with Crippen LogP contribution in [0, 0.1) is 4.91 Å². The molecular weight excluding hydrogens is 306 g/mol. The van der Waals surface area contributed by atoms with Crippen LogP contribution in [0.15, 0.2) is 35.8 Å². The Hall–Kier alpha value is -2.28. The van der Waals surface area contributed by atoms with Gasteiger partial charge in [0.2, 0.25) is 5.95 Å². The van der Waals surface area contributed by atoms with E-state index >= 15 is 0 Å². The van der Waals surface area contributed by atoms with E-state index in [9.17, 15) is 4.91 Å². The normalized spacial score (nSPS) is 15.6. The molecule has 0 atom stereocenters. The quantitative estimate of drug-likeness (QED) is 0.806. The predicted molar refractivity (Wildman–Crippen MR) is 82.6 cm³/mol. The molecule has 114 valence electrons. The van der Waals surface area contributed by atoms with Crippen molar-refractivity contribution in [2.45, 2.75) is 18.9 Å². The summed E-state index contributed by atoms with van der Waals surface area (Å²) >= 11 is 6.09. The summed E-state index contributed by atoms with van der Waals surface area (Å²) in [7, 11) is 0. The molecule has 1 saturated heterocycles. The molecule has 0 unspecified atom stereocenters. The average Bonchev–Trinajstić information content (AvgIpc) is 2.58. The van der Waals surface area contributed by atoms with Crippen molar-refractivity contribution in [1.29, 1.82) is 0 Å². The van der Waals surface area contributed by atoms with Gasteiger partial charge in [0.25, 0.3) is 0 Å². The highest BCUT2D eigenvalue weighted by molar-refractivity contribution is 6.32. The summed E-state index contributed by atoms with van der Waals surface area (Å²) in [6.45, 7) is 1.55. The summed E-state index contributed by atoms with van der Waals surface area (Å²) in [5.74, 6) is 1.13. The Balaban J connectivity index is 1.61. The minimum absolute atomic E-state index is 0.0346. The summed E-state index contributed by atoms with van der Waals surface area (Å²) in [4.78, 5) is 16.8. The molecule has 0 bridgehead atoms. The Kier molecular flexibility index (Phi) is 4.43. The van der Waals surface area contributed by atoms with Gasteiger partial charge in [0.05, 0.1) is 17.4 Å². The Labute approximate surface area is 132 Å². The van der Waals surface area contributed by atoms with E-state index in [4.69, 9.17) is 16.3 Å². The van der Waals surface area contributed by atoms with Gasteiger partial charge in [0, 0.05) is 32.0 Å². The number of rotatable bonds is 4. The fourth-order valence-electron chi connectivity index (χ4n) is 2.38. The Morgan fingerprint density at radius 2 is 2.09 bits per heavy atom. The first-order chi connectivity index (χ1) is 10.8.